The number of carbonyl (C=O) groups is 1. The molecule has 0 radical (unpaired) electrons. The van der Waals surface area contributed by atoms with Crippen LogP contribution in [0.3, 0.4) is 0 Å². The predicted octanol–water partition coefficient (Wildman–Crippen LogP) is 6.04. The maximum absolute atomic E-state index is 13.4. The monoisotopic (exact) mass is 464 g/mol. The molecular formula is C30H32N4O. The Kier molecular flexibility index (Phi) is 7.03. The molecule has 2 aromatic heterocycles. The van der Waals surface area contributed by atoms with Gasteiger partial charge in [-0.15, -0.1) is 0 Å². The molecule has 5 nitrogen and oxygen atoms in total. The number of fused-ring (bicyclic) bond motifs is 1. The molecule has 1 fully saturated rings. The van der Waals surface area contributed by atoms with Gasteiger partial charge in [-0.1, -0.05) is 24.3 Å². The molecule has 1 N–H and O–H groups in total. The van der Waals surface area contributed by atoms with Crippen LogP contribution in [0.15, 0.2) is 79.4 Å². The van der Waals surface area contributed by atoms with Crippen molar-refractivity contribution in [1.82, 2.24) is 14.9 Å². The summed E-state index contributed by atoms with van der Waals surface area (Å²) in [7, 11) is 0. The van der Waals surface area contributed by atoms with E-state index in [2.05, 4.69) is 46.5 Å². The first kappa shape index (κ1) is 23.0. The van der Waals surface area contributed by atoms with Crippen molar-refractivity contribution in [3.8, 4) is 0 Å². The molecule has 5 heteroatoms. The van der Waals surface area contributed by atoms with Gasteiger partial charge in [0.2, 0.25) is 0 Å². The van der Waals surface area contributed by atoms with E-state index in [0.29, 0.717) is 12.5 Å². The maximum Gasteiger partial charge on any atom is 0.253 e. The summed E-state index contributed by atoms with van der Waals surface area (Å²) < 4.78 is 0. The molecular weight excluding hydrogens is 432 g/mol. The molecule has 0 saturated carbocycles. The number of aryl methyl sites for hydroxylation is 1. The first-order valence-corrected chi connectivity index (χ1v) is 12.5. The van der Waals surface area contributed by atoms with Crippen LogP contribution >= 0.6 is 0 Å². The Morgan fingerprint density at radius 1 is 1.00 bits per heavy atom. The van der Waals surface area contributed by atoms with Gasteiger partial charge in [0, 0.05) is 61.1 Å². The molecule has 2 aromatic carbocycles. The minimum absolute atomic E-state index is 0.133. The Morgan fingerprint density at radius 3 is 2.74 bits per heavy atom. The first-order valence-electron chi connectivity index (χ1n) is 12.5. The van der Waals surface area contributed by atoms with Crippen molar-refractivity contribution >= 4 is 22.4 Å². The minimum atomic E-state index is 0.133. The molecule has 1 saturated heterocycles. The van der Waals surface area contributed by atoms with Crippen molar-refractivity contribution in [1.29, 1.82) is 0 Å². The first-order chi connectivity index (χ1) is 17.2. The summed E-state index contributed by atoms with van der Waals surface area (Å²) in [5, 5.41) is 5.98. The molecule has 3 heterocycles. The molecule has 5 rings (SSSR count). The van der Waals surface area contributed by atoms with Crippen LogP contribution in [0.25, 0.3) is 10.8 Å². The van der Waals surface area contributed by atoms with E-state index in [-0.39, 0.29) is 5.91 Å². The second kappa shape index (κ2) is 10.7. The van der Waals surface area contributed by atoms with Crippen LogP contribution in [-0.4, -0.2) is 33.9 Å². The molecule has 0 spiro atoms. The van der Waals surface area contributed by atoms with Gasteiger partial charge in [0.15, 0.2) is 0 Å². The van der Waals surface area contributed by atoms with Crippen molar-refractivity contribution in [2.75, 3.05) is 18.4 Å². The third-order valence-corrected chi connectivity index (χ3v) is 7.13. The van der Waals surface area contributed by atoms with Crippen LogP contribution in [-0.2, 0) is 13.0 Å². The minimum Gasteiger partial charge on any atom is -0.381 e. The van der Waals surface area contributed by atoms with Crippen molar-refractivity contribution in [2.24, 2.45) is 5.92 Å². The molecule has 178 valence electrons. The van der Waals surface area contributed by atoms with Gasteiger partial charge in [-0.25, -0.2) is 0 Å². The van der Waals surface area contributed by atoms with E-state index < -0.39 is 0 Å². The second-order valence-electron chi connectivity index (χ2n) is 9.55. The van der Waals surface area contributed by atoms with Crippen molar-refractivity contribution in [3.63, 3.8) is 0 Å². The van der Waals surface area contributed by atoms with Crippen LogP contribution in [0.4, 0.5) is 5.69 Å². The molecule has 1 amide bonds. The van der Waals surface area contributed by atoms with E-state index in [1.165, 1.54) is 16.3 Å². The highest BCUT2D eigenvalue weighted by Gasteiger charge is 2.22. The second-order valence-corrected chi connectivity index (χ2v) is 9.55. The molecule has 4 aromatic rings. The summed E-state index contributed by atoms with van der Waals surface area (Å²) in [5.74, 6) is 0.719. The fourth-order valence-corrected chi connectivity index (χ4v) is 5.08. The number of benzene rings is 2. The van der Waals surface area contributed by atoms with Gasteiger partial charge in [0.05, 0.1) is 0 Å². The van der Waals surface area contributed by atoms with Crippen LogP contribution in [0.5, 0.6) is 0 Å². The number of aromatic nitrogens is 2. The highest BCUT2D eigenvalue weighted by molar-refractivity contribution is 5.95. The summed E-state index contributed by atoms with van der Waals surface area (Å²) in [6, 6.07) is 18.6. The SMILES string of the molecule is Cc1ccc(C(=O)N2CCC[C@@H](Cc3cccc4cnccc34)CC2)cc1NCc1ccncc1. The topological polar surface area (TPSA) is 58.1 Å². The fourth-order valence-electron chi connectivity index (χ4n) is 5.08. The molecule has 0 aliphatic carbocycles. The molecule has 0 unspecified atom stereocenters. The number of rotatable bonds is 6. The molecule has 35 heavy (non-hydrogen) atoms. The van der Waals surface area contributed by atoms with E-state index in [4.69, 9.17) is 0 Å². The van der Waals surface area contributed by atoms with Gasteiger partial charge in [0.25, 0.3) is 5.91 Å². The van der Waals surface area contributed by atoms with Gasteiger partial charge >= 0.3 is 0 Å². The average molecular weight is 465 g/mol. The van der Waals surface area contributed by atoms with Crippen LogP contribution < -0.4 is 5.32 Å². The average Bonchev–Trinajstić information content (AvgIpc) is 3.14. The zero-order valence-corrected chi connectivity index (χ0v) is 20.3. The number of likely N-dealkylation sites (tertiary alicyclic amines) is 1. The van der Waals surface area contributed by atoms with E-state index >= 15 is 0 Å². The number of pyridine rings is 2. The summed E-state index contributed by atoms with van der Waals surface area (Å²) >= 11 is 0. The lowest BCUT2D eigenvalue weighted by Crippen LogP contribution is -2.32. The van der Waals surface area contributed by atoms with Gasteiger partial charge in [-0.3, -0.25) is 14.8 Å². The van der Waals surface area contributed by atoms with Crippen LogP contribution in [0, 0.1) is 12.8 Å². The molecule has 1 atom stereocenters. The Hall–Kier alpha value is -3.73. The Labute approximate surface area is 207 Å². The van der Waals surface area contributed by atoms with E-state index in [9.17, 15) is 4.79 Å². The van der Waals surface area contributed by atoms with E-state index in [0.717, 1.165) is 61.2 Å². The number of carbonyl (C=O) groups excluding carboxylic acids is 1. The van der Waals surface area contributed by atoms with Gasteiger partial charge in [0.1, 0.15) is 0 Å². The van der Waals surface area contributed by atoms with Gasteiger partial charge < -0.3 is 10.2 Å². The summed E-state index contributed by atoms with van der Waals surface area (Å²) in [6.45, 7) is 4.41. The maximum atomic E-state index is 13.4. The number of amides is 1. The van der Waals surface area contributed by atoms with Crippen molar-refractivity contribution in [2.45, 2.75) is 39.2 Å². The highest BCUT2D eigenvalue weighted by atomic mass is 16.2. The molecule has 0 bridgehead atoms. The van der Waals surface area contributed by atoms with E-state index in [1.54, 1.807) is 12.4 Å². The fraction of sp³-hybridized carbons (Fsp3) is 0.300. The summed E-state index contributed by atoms with van der Waals surface area (Å²) in [5.41, 5.74) is 5.45. The van der Waals surface area contributed by atoms with Gasteiger partial charge in [-0.2, -0.15) is 0 Å². The normalized spacial score (nSPS) is 16.1. The lowest BCUT2D eigenvalue weighted by Gasteiger charge is -2.22. The Bertz CT molecular complexity index is 1300. The molecule has 1 aliphatic heterocycles. The highest BCUT2D eigenvalue weighted by Crippen LogP contribution is 2.27. The number of hydrogen-bond acceptors (Lipinski definition) is 4. The van der Waals surface area contributed by atoms with Crippen LogP contribution in [0.2, 0.25) is 0 Å². The summed E-state index contributed by atoms with van der Waals surface area (Å²) in [4.78, 5) is 23.8. The third kappa shape index (κ3) is 5.51. The number of hydrogen-bond donors (Lipinski definition) is 1. The standard InChI is InChI=1S/C30H32N4O/c1-22-7-8-26(19-29(22)33-20-24-9-13-31-14-10-24)30(35)34-16-3-4-23(12-17-34)18-25-5-2-6-27-21-32-15-11-28(25)27/h2,5-11,13-15,19,21,23,33H,3-4,12,16-18,20H2,1H3/t23-/m1/s1. The summed E-state index contributed by atoms with van der Waals surface area (Å²) in [6.07, 6.45) is 11.7. The lowest BCUT2D eigenvalue weighted by atomic mass is 9.90. The quantitative estimate of drug-likeness (QED) is 0.378. The van der Waals surface area contributed by atoms with Crippen molar-refractivity contribution in [3.05, 3.63) is 102 Å². The number of nitrogens with zero attached hydrogens (tertiary/aromatic N) is 3. The van der Waals surface area contributed by atoms with E-state index in [1.807, 2.05) is 47.6 Å². The third-order valence-electron chi connectivity index (χ3n) is 7.13. The van der Waals surface area contributed by atoms with Crippen LogP contribution in [0.1, 0.15) is 46.3 Å². The smallest absolute Gasteiger partial charge is 0.253 e. The Morgan fingerprint density at radius 2 is 1.86 bits per heavy atom. The van der Waals surface area contributed by atoms with Gasteiger partial charge in [-0.05, 0) is 90.9 Å². The zero-order chi connectivity index (χ0) is 24.0. The zero-order valence-electron chi connectivity index (χ0n) is 20.3. The number of nitrogens with one attached hydrogen (secondary N) is 1. The lowest BCUT2D eigenvalue weighted by molar-refractivity contribution is 0.0760. The van der Waals surface area contributed by atoms with Crippen molar-refractivity contribution < 1.29 is 4.79 Å². The largest absolute Gasteiger partial charge is 0.381 e. The Balaban J connectivity index is 1.23. The predicted molar refractivity (Wildman–Crippen MR) is 141 cm³/mol. The molecule has 1 aliphatic rings. The number of anilines is 1.